The van der Waals surface area contributed by atoms with E-state index in [0.29, 0.717) is 5.02 Å². The van der Waals surface area contributed by atoms with Gasteiger partial charge in [0.2, 0.25) is 5.91 Å². The molecule has 1 amide bonds. The largest absolute Gasteiger partial charge is 0.337 e. The molecule has 0 aliphatic rings. The number of nitrogens with zero attached hydrogens (tertiary/aromatic N) is 2. The van der Waals surface area contributed by atoms with Gasteiger partial charge in [0.25, 0.3) is 0 Å². The molecular weight excluding hydrogens is 350 g/mol. The first kappa shape index (κ1) is 18.1. The molecule has 0 fully saturated rings. The van der Waals surface area contributed by atoms with Gasteiger partial charge in [0.05, 0.1) is 21.5 Å². The standard InChI is InChI=1S/C16H18ClN3OS2/c1-9(2)16(4,8-18)20-14(21)10(3)22-15-19-12-7-11(17)5-6-13(12)23-15/h5-7,9-10H,1-4H3,(H,20,21)/t10-,16+/m1/s1. The molecule has 0 aliphatic carbocycles. The van der Waals surface area contributed by atoms with Gasteiger partial charge in [-0.25, -0.2) is 4.98 Å². The Bertz CT molecular complexity index is 768. The molecule has 23 heavy (non-hydrogen) atoms. The number of thiazole rings is 1. The van der Waals surface area contributed by atoms with Crippen LogP contribution in [0.4, 0.5) is 0 Å². The maximum Gasteiger partial charge on any atom is 0.234 e. The minimum Gasteiger partial charge on any atom is -0.337 e. The van der Waals surface area contributed by atoms with Gasteiger partial charge in [-0.1, -0.05) is 37.2 Å². The second-order valence-corrected chi connectivity index (χ2v) is 8.87. The van der Waals surface area contributed by atoms with Crippen molar-refractivity contribution in [2.24, 2.45) is 5.92 Å². The molecule has 1 N–H and O–H groups in total. The van der Waals surface area contributed by atoms with Crippen LogP contribution in [0, 0.1) is 17.2 Å². The highest BCUT2D eigenvalue weighted by Crippen LogP contribution is 2.33. The number of hydrogen-bond acceptors (Lipinski definition) is 5. The van der Waals surface area contributed by atoms with Crippen molar-refractivity contribution in [2.45, 2.75) is 42.8 Å². The van der Waals surface area contributed by atoms with Crippen molar-refractivity contribution in [3.63, 3.8) is 0 Å². The monoisotopic (exact) mass is 367 g/mol. The Kier molecular flexibility index (Phi) is 5.56. The number of benzene rings is 1. The number of nitriles is 1. The number of nitrogens with one attached hydrogen (secondary N) is 1. The Morgan fingerprint density at radius 2 is 2.17 bits per heavy atom. The fourth-order valence-corrected chi connectivity index (χ4v) is 4.15. The lowest BCUT2D eigenvalue weighted by Gasteiger charge is -2.28. The number of hydrogen-bond donors (Lipinski definition) is 1. The smallest absolute Gasteiger partial charge is 0.234 e. The SMILES string of the molecule is CC(C)[C@](C)(C#N)NC(=O)[C@@H](C)Sc1nc2cc(Cl)ccc2s1. The number of halogens is 1. The number of fused-ring (bicyclic) bond motifs is 1. The zero-order valence-electron chi connectivity index (χ0n) is 13.4. The van der Waals surface area contributed by atoms with E-state index in [1.165, 1.54) is 23.1 Å². The van der Waals surface area contributed by atoms with E-state index >= 15 is 0 Å². The molecule has 0 spiro atoms. The summed E-state index contributed by atoms with van der Waals surface area (Å²) < 4.78 is 1.85. The molecule has 122 valence electrons. The molecule has 1 heterocycles. The van der Waals surface area contributed by atoms with Crippen molar-refractivity contribution in [2.75, 3.05) is 0 Å². The summed E-state index contributed by atoms with van der Waals surface area (Å²) in [6, 6.07) is 7.75. The fraction of sp³-hybridized carbons (Fsp3) is 0.438. The summed E-state index contributed by atoms with van der Waals surface area (Å²) >= 11 is 8.88. The number of carbonyl (C=O) groups is 1. The van der Waals surface area contributed by atoms with Gasteiger partial charge in [-0.2, -0.15) is 5.26 Å². The van der Waals surface area contributed by atoms with Gasteiger partial charge in [0, 0.05) is 5.02 Å². The summed E-state index contributed by atoms with van der Waals surface area (Å²) in [5, 5.41) is 12.5. The number of rotatable bonds is 5. The van der Waals surface area contributed by atoms with Crippen molar-refractivity contribution in [3.05, 3.63) is 23.2 Å². The summed E-state index contributed by atoms with van der Waals surface area (Å²) in [4.78, 5) is 16.9. The van der Waals surface area contributed by atoms with E-state index in [9.17, 15) is 10.1 Å². The molecule has 0 unspecified atom stereocenters. The van der Waals surface area contributed by atoms with E-state index < -0.39 is 5.54 Å². The van der Waals surface area contributed by atoms with Crippen LogP contribution in [0.3, 0.4) is 0 Å². The maximum absolute atomic E-state index is 12.4. The molecule has 7 heteroatoms. The second kappa shape index (κ2) is 7.08. The summed E-state index contributed by atoms with van der Waals surface area (Å²) in [5.74, 6) is -0.136. The van der Waals surface area contributed by atoms with Crippen LogP contribution < -0.4 is 5.32 Å². The molecule has 4 nitrogen and oxygen atoms in total. The van der Waals surface area contributed by atoms with Crippen LogP contribution in [0.15, 0.2) is 22.5 Å². The Hall–Kier alpha value is -1.29. The summed E-state index contributed by atoms with van der Waals surface area (Å²) in [6.07, 6.45) is 0. The zero-order chi connectivity index (χ0) is 17.2. The van der Waals surface area contributed by atoms with Gasteiger partial charge < -0.3 is 5.32 Å². The van der Waals surface area contributed by atoms with Crippen LogP contribution in [0.5, 0.6) is 0 Å². The third kappa shape index (κ3) is 4.17. The molecule has 2 rings (SSSR count). The maximum atomic E-state index is 12.4. The lowest BCUT2D eigenvalue weighted by Crippen LogP contribution is -2.51. The van der Waals surface area contributed by atoms with Crippen LogP contribution in [0.1, 0.15) is 27.7 Å². The molecule has 1 aromatic heterocycles. The fourth-order valence-electron chi connectivity index (χ4n) is 1.79. The minimum atomic E-state index is -0.868. The Balaban J connectivity index is 2.09. The highest BCUT2D eigenvalue weighted by atomic mass is 35.5. The topological polar surface area (TPSA) is 65.8 Å². The molecule has 2 atom stereocenters. The lowest BCUT2D eigenvalue weighted by atomic mass is 9.90. The van der Waals surface area contributed by atoms with E-state index in [1.54, 1.807) is 6.92 Å². The summed E-state index contributed by atoms with van der Waals surface area (Å²) in [7, 11) is 0. The van der Waals surface area contributed by atoms with Crippen LogP contribution in [-0.4, -0.2) is 21.7 Å². The van der Waals surface area contributed by atoms with Crippen molar-refractivity contribution in [1.29, 1.82) is 5.26 Å². The van der Waals surface area contributed by atoms with Gasteiger partial charge in [-0.05, 0) is 38.0 Å². The summed E-state index contributed by atoms with van der Waals surface area (Å²) in [6.45, 7) is 7.39. The number of amides is 1. The van der Waals surface area contributed by atoms with Crippen LogP contribution in [0.25, 0.3) is 10.2 Å². The lowest BCUT2D eigenvalue weighted by molar-refractivity contribution is -0.121. The van der Waals surface area contributed by atoms with Crippen molar-refractivity contribution >= 4 is 50.8 Å². The predicted molar refractivity (Wildman–Crippen MR) is 96.9 cm³/mol. The summed E-state index contributed by atoms with van der Waals surface area (Å²) in [5.41, 5.74) is -0.0332. The van der Waals surface area contributed by atoms with Crippen molar-refractivity contribution in [3.8, 4) is 6.07 Å². The van der Waals surface area contributed by atoms with E-state index in [2.05, 4.69) is 16.4 Å². The molecular formula is C16H18ClN3OS2. The molecule has 0 saturated carbocycles. The van der Waals surface area contributed by atoms with Gasteiger partial charge in [-0.15, -0.1) is 11.3 Å². The molecule has 0 aliphatic heterocycles. The molecule has 0 saturated heterocycles. The van der Waals surface area contributed by atoms with Gasteiger partial charge in [-0.3, -0.25) is 4.79 Å². The Morgan fingerprint density at radius 3 is 2.78 bits per heavy atom. The first-order valence-electron chi connectivity index (χ1n) is 7.21. The first-order chi connectivity index (χ1) is 10.7. The van der Waals surface area contributed by atoms with Gasteiger partial charge >= 0.3 is 0 Å². The van der Waals surface area contributed by atoms with E-state index in [-0.39, 0.29) is 17.1 Å². The van der Waals surface area contributed by atoms with Crippen LogP contribution in [0.2, 0.25) is 5.02 Å². The van der Waals surface area contributed by atoms with Crippen LogP contribution in [-0.2, 0) is 4.79 Å². The molecule has 1 aromatic carbocycles. The Morgan fingerprint density at radius 1 is 1.48 bits per heavy atom. The normalized spacial score (nSPS) is 15.2. The highest BCUT2D eigenvalue weighted by molar-refractivity contribution is 8.02. The van der Waals surface area contributed by atoms with E-state index in [0.717, 1.165) is 14.6 Å². The van der Waals surface area contributed by atoms with E-state index in [1.807, 2.05) is 39.0 Å². The molecule has 0 radical (unpaired) electrons. The third-order valence-electron chi connectivity index (χ3n) is 3.75. The minimum absolute atomic E-state index is 0.0262. The zero-order valence-corrected chi connectivity index (χ0v) is 15.8. The quantitative estimate of drug-likeness (QED) is 0.791. The highest BCUT2D eigenvalue weighted by Gasteiger charge is 2.32. The number of aromatic nitrogens is 1. The average Bonchev–Trinajstić information content (AvgIpc) is 2.87. The van der Waals surface area contributed by atoms with Gasteiger partial charge in [0.15, 0.2) is 4.34 Å². The van der Waals surface area contributed by atoms with E-state index in [4.69, 9.17) is 11.6 Å². The number of thioether (sulfide) groups is 1. The third-order valence-corrected chi connectivity index (χ3v) is 6.21. The van der Waals surface area contributed by atoms with Crippen LogP contribution >= 0.6 is 34.7 Å². The Labute approximate surface area is 149 Å². The van der Waals surface area contributed by atoms with Crippen molar-refractivity contribution in [1.82, 2.24) is 10.3 Å². The predicted octanol–water partition coefficient (Wildman–Crippen LogP) is 4.48. The molecule has 2 aromatic rings. The molecule has 0 bridgehead atoms. The number of carbonyl (C=O) groups excluding carboxylic acids is 1. The van der Waals surface area contributed by atoms with Crippen molar-refractivity contribution < 1.29 is 4.79 Å². The average molecular weight is 368 g/mol. The second-order valence-electron chi connectivity index (χ2n) is 5.81. The first-order valence-corrected chi connectivity index (χ1v) is 9.28. The van der Waals surface area contributed by atoms with Gasteiger partial charge in [0.1, 0.15) is 5.54 Å².